The highest BCUT2D eigenvalue weighted by molar-refractivity contribution is 9.10. The Morgan fingerprint density at radius 3 is 2.41 bits per heavy atom. The van der Waals surface area contributed by atoms with Gasteiger partial charge in [0, 0.05) is 10.9 Å². The predicted octanol–water partition coefficient (Wildman–Crippen LogP) is 6.80. The minimum Gasteiger partial charge on any atom is -0.492 e. The molecule has 3 aromatic carbocycles. The zero-order valence-corrected chi connectivity index (χ0v) is 18.3. The Hall–Kier alpha value is -2.59. The summed E-state index contributed by atoms with van der Waals surface area (Å²) in [4.78, 5) is 12.8. The number of carbonyl (C=O) groups excluding carboxylic acids is 1. The second-order valence-corrected chi connectivity index (χ2v) is 7.91. The summed E-state index contributed by atoms with van der Waals surface area (Å²) in [6.45, 7) is 4.82. The number of hydrogen-bond donors (Lipinski definition) is 0. The molecule has 0 aromatic heterocycles. The van der Waals surface area contributed by atoms with Gasteiger partial charge in [0.15, 0.2) is 0 Å². The van der Waals surface area contributed by atoms with E-state index in [1.807, 2.05) is 48.5 Å². The van der Waals surface area contributed by atoms with Crippen molar-refractivity contribution in [3.8, 4) is 11.5 Å². The minimum atomic E-state index is -0.433. The third kappa shape index (κ3) is 5.94. The molecule has 1 atom stereocenters. The van der Waals surface area contributed by atoms with Crippen LogP contribution in [0.5, 0.6) is 11.5 Å². The van der Waals surface area contributed by atoms with Crippen LogP contribution in [0.25, 0.3) is 0 Å². The molecule has 0 heterocycles. The van der Waals surface area contributed by atoms with Crippen molar-refractivity contribution < 1.29 is 14.3 Å². The van der Waals surface area contributed by atoms with Crippen molar-refractivity contribution in [2.45, 2.75) is 32.6 Å². The van der Waals surface area contributed by atoms with E-state index in [1.54, 1.807) is 12.1 Å². The van der Waals surface area contributed by atoms with Gasteiger partial charge in [-0.3, -0.25) is 0 Å². The number of ether oxygens (including phenoxy) is 2. The molecule has 3 rings (SSSR count). The first-order valence-electron chi connectivity index (χ1n) is 9.85. The molecule has 0 aliphatic heterocycles. The highest BCUT2D eigenvalue weighted by Gasteiger charge is 2.16. The molecule has 1 unspecified atom stereocenters. The first-order valence-corrected chi connectivity index (χ1v) is 10.6. The van der Waals surface area contributed by atoms with Crippen molar-refractivity contribution in [2.24, 2.45) is 0 Å². The lowest BCUT2D eigenvalue weighted by atomic mass is 9.99. The van der Waals surface area contributed by atoms with Crippen LogP contribution in [0.15, 0.2) is 77.3 Å². The Balaban J connectivity index is 1.68. The molecule has 0 saturated heterocycles. The molecule has 0 radical (unpaired) electrons. The van der Waals surface area contributed by atoms with Gasteiger partial charge < -0.3 is 9.47 Å². The molecule has 0 aliphatic carbocycles. The van der Waals surface area contributed by atoms with Crippen LogP contribution in [0.2, 0.25) is 0 Å². The van der Waals surface area contributed by atoms with Gasteiger partial charge in [-0.05, 0) is 53.8 Å². The summed E-state index contributed by atoms with van der Waals surface area (Å²) >= 11 is 3.42. The van der Waals surface area contributed by atoms with Crippen molar-refractivity contribution in [3.05, 3.63) is 94.0 Å². The van der Waals surface area contributed by atoms with Crippen molar-refractivity contribution >= 4 is 21.9 Å². The standard InChI is InChI=1S/C25H25BrO3/c1-3-18(2)20-9-12-22(13-10-20)29-25(27)23-17-21(26)11-14-24(23)28-16-15-19-7-5-4-6-8-19/h4-14,17-18H,3,15-16H2,1-2H3. The fourth-order valence-corrected chi connectivity index (χ4v) is 3.33. The monoisotopic (exact) mass is 452 g/mol. The van der Waals surface area contributed by atoms with E-state index in [9.17, 15) is 4.79 Å². The Morgan fingerprint density at radius 1 is 1.00 bits per heavy atom. The van der Waals surface area contributed by atoms with E-state index >= 15 is 0 Å². The van der Waals surface area contributed by atoms with Crippen LogP contribution in [0.1, 0.15) is 47.7 Å². The molecule has 3 nitrogen and oxygen atoms in total. The fraction of sp³-hybridized carbons (Fsp3) is 0.240. The lowest BCUT2D eigenvalue weighted by molar-refractivity contribution is 0.0730. The molecule has 4 heteroatoms. The van der Waals surface area contributed by atoms with E-state index in [0.717, 1.165) is 17.3 Å². The first-order chi connectivity index (χ1) is 14.1. The Morgan fingerprint density at radius 2 is 1.72 bits per heavy atom. The normalized spacial score (nSPS) is 11.7. The number of carbonyl (C=O) groups is 1. The van der Waals surface area contributed by atoms with Gasteiger partial charge in [0.25, 0.3) is 0 Å². The average Bonchev–Trinajstić information content (AvgIpc) is 2.75. The third-order valence-corrected chi connectivity index (χ3v) is 5.42. The number of halogens is 1. The molecular formula is C25H25BrO3. The van der Waals surface area contributed by atoms with Gasteiger partial charge in [-0.25, -0.2) is 4.79 Å². The number of hydrogen-bond acceptors (Lipinski definition) is 3. The van der Waals surface area contributed by atoms with Crippen LogP contribution < -0.4 is 9.47 Å². The summed E-state index contributed by atoms with van der Waals surface area (Å²) in [7, 11) is 0. The number of rotatable bonds is 8. The van der Waals surface area contributed by atoms with Crippen LogP contribution in [-0.4, -0.2) is 12.6 Å². The minimum absolute atomic E-state index is 0.401. The van der Waals surface area contributed by atoms with Gasteiger partial charge in [-0.2, -0.15) is 0 Å². The number of esters is 1. The average molecular weight is 453 g/mol. The third-order valence-electron chi connectivity index (χ3n) is 4.92. The molecule has 0 bridgehead atoms. The largest absolute Gasteiger partial charge is 0.492 e. The van der Waals surface area contributed by atoms with Gasteiger partial charge in [0.05, 0.1) is 6.61 Å². The molecule has 29 heavy (non-hydrogen) atoms. The van der Waals surface area contributed by atoms with Gasteiger partial charge in [0.2, 0.25) is 0 Å². The highest BCUT2D eigenvalue weighted by Crippen LogP contribution is 2.26. The van der Waals surface area contributed by atoms with Gasteiger partial charge >= 0.3 is 5.97 Å². The quantitative estimate of drug-likeness (QED) is 0.278. The van der Waals surface area contributed by atoms with Crippen molar-refractivity contribution in [1.29, 1.82) is 0 Å². The zero-order valence-electron chi connectivity index (χ0n) is 16.7. The van der Waals surface area contributed by atoms with E-state index < -0.39 is 5.97 Å². The molecule has 0 spiro atoms. The van der Waals surface area contributed by atoms with Crippen molar-refractivity contribution in [1.82, 2.24) is 0 Å². The van der Waals surface area contributed by atoms with Gasteiger partial charge in [-0.15, -0.1) is 0 Å². The molecule has 0 saturated carbocycles. The summed E-state index contributed by atoms with van der Waals surface area (Å²) in [6.07, 6.45) is 1.84. The van der Waals surface area contributed by atoms with Crippen LogP contribution in [0.4, 0.5) is 0 Å². The summed E-state index contributed by atoms with van der Waals surface area (Å²) in [5, 5.41) is 0. The van der Waals surface area contributed by atoms with E-state index in [0.29, 0.717) is 29.6 Å². The van der Waals surface area contributed by atoms with E-state index in [-0.39, 0.29) is 0 Å². The highest BCUT2D eigenvalue weighted by atomic mass is 79.9. The second kappa shape index (κ2) is 10.3. The number of benzene rings is 3. The van der Waals surface area contributed by atoms with Gasteiger partial charge in [-0.1, -0.05) is 72.2 Å². The van der Waals surface area contributed by atoms with Crippen molar-refractivity contribution in [3.63, 3.8) is 0 Å². The lowest BCUT2D eigenvalue weighted by Gasteiger charge is -2.13. The Bertz CT molecular complexity index is 936. The van der Waals surface area contributed by atoms with Crippen LogP contribution in [0.3, 0.4) is 0 Å². The van der Waals surface area contributed by atoms with E-state index in [4.69, 9.17) is 9.47 Å². The van der Waals surface area contributed by atoms with E-state index in [1.165, 1.54) is 11.1 Å². The summed E-state index contributed by atoms with van der Waals surface area (Å²) in [6, 6.07) is 23.2. The summed E-state index contributed by atoms with van der Waals surface area (Å²) < 4.78 is 12.3. The smallest absolute Gasteiger partial charge is 0.347 e. The first kappa shape index (κ1) is 21.1. The predicted molar refractivity (Wildman–Crippen MR) is 120 cm³/mol. The molecule has 150 valence electrons. The molecular weight excluding hydrogens is 428 g/mol. The zero-order chi connectivity index (χ0) is 20.6. The Labute approximate surface area is 180 Å². The van der Waals surface area contributed by atoms with Crippen LogP contribution >= 0.6 is 15.9 Å². The summed E-state index contributed by atoms with van der Waals surface area (Å²) in [5.41, 5.74) is 2.83. The molecule has 0 amide bonds. The topological polar surface area (TPSA) is 35.5 Å². The Kier molecular flexibility index (Phi) is 7.48. The maximum atomic E-state index is 12.8. The van der Waals surface area contributed by atoms with E-state index in [2.05, 4.69) is 41.9 Å². The maximum Gasteiger partial charge on any atom is 0.347 e. The SMILES string of the molecule is CCC(C)c1ccc(OC(=O)c2cc(Br)ccc2OCCc2ccccc2)cc1. The molecule has 3 aromatic rings. The fourth-order valence-electron chi connectivity index (χ4n) is 2.97. The maximum absolute atomic E-state index is 12.8. The summed E-state index contributed by atoms with van der Waals surface area (Å²) in [5.74, 6) is 1.09. The molecule has 0 N–H and O–H groups in total. The van der Waals surface area contributed by atoms with Crippen LogP contribution in [0, 0.1) is 0 Å². The molecule has 0 fully saturated rings. The van der Waals surface area contributed by atoms with Crippen LogP contribution in [-0.2, 0) is 6.42 Å². The lowest BCUT2D eigenvalue weighted by Crippen LogP contribution is -2.12. The van der Waals surface area contributed by atoms with Gasteiger partial charge in [0.1, 0.15) is 17.1 Å². The van der Waals surface area contributed by atoms with Crippen molar-refractivity contribution in [2.75, 3.05) is 6.61 Å². The second-order valence-electron chi connectivity index (χ2n) is 6.99. The molecule has 0 aliphatic rings.